The Labute approximate surface area is 334 Å². The van der Waals surface area contributed by atoms with E-state index in [1.807, 2.05) is 6.08 Å². The normalized spacial score (nSPS) is 14.1. The summed E-state index contributed by atoms with van der Waals surface area (Å²) in [4.78, 5) is 12.4. The molecular weight excluding hydrogens is 663 g/mol. The molecule has 2 atom stereocenters. The van der Waals surface area contributed by atoms with E-state index in [4.69, 9.17) is 0 Å². The lowest BCUT2D eigenvalue weighted by Crippen LogP contribution is -2.45. The maximum Gasteiger partial charge on any atom is 0.220 e. The van der Waals surface area contributed by atoms with Crippen molar-refractivity contribution in [3.63, 3.8) is 0 Å². The summed E-state index contributed by atoms with van der Waals surface area (Å²) in [5, 5.41) is 23.0. The smallest absolute Gasteiger partial charge is 0.220 e. The number of amides is 1. The van der Waals surface area contributed by atoms with Crippen LogP contribution in [0.5, 0.6) is 0 Å². The molecule has 4 heteroatoms. The van der Waals surface area contributed by atoms with Crippen molar-refractivity contribution in [1.29, 1.82) is 0 Å². The van der Waals surface area contributed by atoms with Crippen LogP contribution in [0, 0.1) is 0 Å². The van der Waals surface area contributed by atoms with Crippen molar-refractivity contribution in [3.8, 4) is 0 Å². The van der Waals surface area contributed by atoms with Gasteiger partial charge in [-0.15, -0.1) is 0 Å². The van der Waals surface area contributed by atoms with Gasteiger partial charge in [-0.1, -0.05) is 187 Å². The fourth-order valence-corrected chi connectivity index (χ4v) is 5.86. The first kappa shape index (κ1) is 51.0. The van der Waals surface area contributed by atoms with E-state index in [-0.39, 0.29) is 12.5 Å². The van der Waals surface area contributed by atoms with E-state index in [0.29, 0.717) is 6.42 Å². The fourth-order valence-electron chi connectivity index (χ4n) is 5.86. The molecule has 0 aliphatic carbocycles. The van der Waals surface area contributed by atoms with E-state index in [1.165, 1.54) is 77.0 Å². The lowest BCUT2D eigenvalue weighted by atomic mass is 10.1. The third-order valence-electron chi connectivity index (χ3n) is 9.22. The Kier molecular flexibility index (Phi) is 42.0. The zero-order valence-electron chi connectivity index (χ0n) is 34.9. The van der Waals surface area contributed by atoms with Crippen LogP contribution in [0.15, 0.2) is 109 Å². The molecule has 0 aliphatic heterocycles. The largest absolute Gasteiger partial charge is 0.394 e. The number of allylic oxidation sites excluding steroid dienone is 17. The molecule has 0 spiro atoms. The molecule has 3 N–H and O–H groups in total. The minimum atomic E-state index is -0.896. The van der Waals surface area contributed by atoms with Crippen molar-refractivity contribution in [2.24, 2.45) is 0 Å². The highest BCUT2D eigenvalue weighted by atomic mass is 16.3. The number of nitrogens with one attached hydrogen (secondary N) is 1. The van der Waals surface area contributed by atoms with E-state index in [0.717, 1.165) is 83.5 Å². The zero-order chi connectivity index (χ0) is 39.3. The molecule has 0 aromatic heterocycles. The minimum absolute atomic E-state index is 0.125. The summed E-state index contributed by atoms with van der Waals surface area (Å²) in [5.41, 5.74) is 0. The molecule has 0 fully saturated rings. The Morgan fingerprint density at radius 1 is 0.463 bits per heavy atom. The highest BCUT2D eigenvalue weighted by Gasteiger charge is 2.17. The van der Waals surface area contributed by atoms with E-state index in [9.17, 15) is 15.0 Å². The van der Waals surface area contributed by atoms with Crippen LogP contribution in [0.1, 0.15) is 181 Å². The average Bonchev–Trinajstić information content (AvgIpc) is 3.18. The molecular formula is C50H83NO3. The molecule has 0 aromatic carbocycles. The second-order valence-electron chi connectivity index (χ2n) is 14.4. The summed E-state index contributed by atoms with van der Waals surface area (Å²) in [5.74, 6) is -0.125. The van der Waals surface area contributed by atoms with Gasteiger partial charge in [0.2, 0.25) is 5.91 Å². The van der Waals surface area contributed by atoms with Crippen molar-refractivity contribution < 1.29 is 15.0 Å². The monoisotopic (exact) mass is 746 g/mol. The van der Waals surface area contributed by atoms with Gasteiger partial charge in [-0.05, 0) is 96.3 Å². The Morgan fingerprint density at radius 3 is 1.30 bits per heavy atom. The molecule has 0 rings (SSSR count). The summed E-state index contributed by atoms with van der Waals surface area (Å²) in [6.45, 7) is 4.15. The van der Waals surface area contributed by atoms with Crippen molar-refractivity contribution >= 4 is 5.91 Å². The zero-order valence-corrected chi connectivity index (χ0v) is 34.9. The van der Waals surface area contributed by atoms with Crippen LogP contribution < -0.4 is 5.32 Å². The van der Waals surface area contributed by atoms with Crippen LogP contribution in [0.4, 0.5) is 0 Å². The van der Waals surface area contributed by atoms with Gasteiger partial charge in [0.25, 0.3) is 0 Å². The highest BCUT2D eigenvalue weighted by molar-refractivity contribution is 5.76. The number of hydrogen-bond acceptors (Lipinski definition) is 3. The summed E-state index contributed by atoms with van der Waals surface area (Å²) in [6, 6.07) is -0.676. The summed E-state index contributed by atoms with van der Waals surface area (Å²) in [7, 11) is 0. The molecule has 0 radical (unpaired) electrons. The number of hydrogen-bond donors (Lipinski definition) is 3. The second kappa shape index (κ2) is 44.4. The molecule has 1 amide bonds. The average molecular weight is 746 g/mol. The minimum Gasteiger partial charge on any atom is -0.394 e. The van der Waals surface area contributed by atoms with Crippen LogP contribution in [-0.2, 0) is 4.79 Å². The van der Waals surface area contributed by atoms with E-state index in [1.54, 1.807) is 6.08 Å². The molecule has 0 saturated carbocycles. The van der Waals surface area contributed by atoms with Gasteiger partial charge in [-0.25, -0.2) is 0 Å². The van der Waals surface area contributed by atoms with E-state index >= 15 is 0 Å². The first-order valence-corrected chi connectivity index (χ1v) is 22.1. The molecule has 54 heavy (non-hydrogen) atoms. The third-order valence-corrected chi connectivity index (χ3v) is 9.22. The molecule has 306 valence electrons. The standard InChI is InChI=1S/C50H83NO3/c1-3-5-7-9-11-13-15-17-19-21-23-25-27-29-31-33-35-37-39-41-43-45-49(53)48(47-52)51-50(54)46-44-42-40-38-36-34-32-30-28-26-24-22-20-18-16-14-12-10-8-6-4-2/h6,8,12,14,18,20,24,26-27,29-30,32,35-38,43,45,48-49,52-53H,3-5,7,9-11,13,15-17,19,21-23,25,28,31,33-34,39-42,44,46-47H2,1-2H3,(H,51,54)/b8-6-,14-12-,20-18-,26-24-,29-27+,32-30-,37-35+,38-36-,45-43+. The van der Waals surface area contributed by atoms with Gasteiger partial charge in [-0.2, -0.15) is 0 Å². The lowest BCUT2D eigenvalue weighted by Gasteiger charge is -2.19. The topological polar surface area (TPSA) is 69.6 Å². The Hall–Kier alpha value is -2.95. The van der Waals surface area contributed by atoms with Gasteiger partial charge in [0, 0.05) is 6.42 Å². The number of carbonyl (C=O) groups excluding carboxylic acids is 1. The Balaban J connectivity index is 3.79. The predicted octanol–water partition coefficient (Wildman–Crippen LogP) is 14.0. The van der Waals surface area contributed by atoms with Crippen LogP contribution in [0.3, 0.4) is 0 Å². The van der Waals surface area contributed by atoms with Gasteiger partial charge >= 0.3 is 0 Å². The molecule has 0 bridgehead atoms. The third kappa shape index (κ3) is 40.2. The highest BCUT2D eigenvalue weighted by Crippen LogP contribution is 2.12. The van der Waals surface area contributed by atoms with E-state index < -0.39 is 12.1 Å². The molecule has 0 aliphatic rings. The van der Waals surface area contributed by atoms with Crippen LogP contribution in [-0.4, -0.2) is 34.9 Å². The first-order chi connectivity index (χ1) is 26.7. The number of aliphatic hydroxyl groups excluding tert-OH is 2. The number of rotatable bonds is 38. The molecule has 2 unspecified atom stereocenters. The lowest BCUT2D eigenvalue weighted by molar-refractivity contribution is -0.123. The van der Waals surface area contributed by atoms with Gasteiger partial charge < -0.3 is 15.5 Å². The quantitative estimate of drug-likeness (QED) is 0.0435. The first-order valence-electron chi connectivity index (χ1n) is 22.1. The number of unbranched alkanes of at least 4 members (excludes halogenated alkanes) is 15. The molecule has 0 saturated heterocycles. The number of aliphatic hydroxyl groups is 2. The summed E-state index contributed by atoms with van der Waals surface area (Å²) >= 11 is 0. The molecule has 4 nitrogen and oxygen atoms in total. The maximum atomic E-state index is 12.4. The van der Waals surface area contributed by atoms with Gasteiger partial charge in [-0.3, -0.25) is 4.79 Å². The van der Waals surface area contributed by atoms with Gasteiger partial charge in [0.1, 0.15) is 0 Å². The van der Waals surface area contributed by atoms with Crippen LogP contribution >= 0.6 is 0 Å². The fraction of sp³-hybridized carbons (Fsp3) is 0.620. The van der Waals surface area contributed by atoms with Crippen molar-refractivity contribution in [2.75, 3.05) is 6.61 Å². The van der Waals surface area contributed by atoms with Crippen molar-refractivity contribution in [3.05, 3.63) is 109 Å². The van der Waals surface area contributed by atoms with Crippen LogP contribution in [0.25, 0.3) is 0 Å². The van der Waals surface area contributed by atoms with Gasteiger partial charge in [0.05, 0.1) is 18.8 Å². The Morgan fingerprint density at radius 2 is 0.833 bits per heavy atom. The predicted molar refractivity (Wildman–Crippen MR) is 239 cm³/mol. The van der Waals surface area contributed by atoms with Gasteiger partial charge in [0.15, 0.2) is 0 Å². The van der Waals surface area contributed by atoms with Crippen molar-refractivity contribution in [1.82, 2.24) is 5.32 Å². The summed E-state index contributed by atoms with van der Waals surface area (Å²) < 4.78 is 0. The summed E-state index contributed by atoms with van der Waals surface area (Å²) in [6.07, 6.45) is 67.7. The van der Waals surface area contributed by atoms with E-state index in [2.05, 4.69) is 116 Å². The SMILES string of the molecule is CC/C=C\C/C=C\C/C=C\C/C=C\C/C=C\C/C=C\CCCCC(=O)NC(CO)C(O)/C=C/CC/C=C/CC/C=C/CCCCCCCCCCCCC. The Bertz CT molecular complexity index is 1070. The molecule has 0 aromatic rings. The second-order valence-corrected chi connectivity index (χ2v) is 14.4. The van der Waals surface area contributed by atoms with Crippen LogP contribution in [0.2, 0.25) is 0 Å². The molecule has 0 heterocycles. The van der Waals surface area contributed by atoms with Crippen molar-refractivity contribution in [2.45, 2.75) is 193 Å². The maximum absolute atomic E-state index is 12.4. The number of carbonyl (C=O) groups is 1.